The Kier molecular flexibility index (Phi) is 6.24. The molecule has 0 aromatic heterocycles. The number of carbonyl (C=O) groups excluding carboxylic acids is 2. The van der Waals surface area contributed by atoms with Crippen LogP contribution < -0.4 is 5.32 Å². The van der Waals surface area contributed by atoms with Crippen LogP contribution in [0, 0.1) is 5.82 Å². The van der Waals surface area contributed by atoms with E-state index >= 15 is 0 Å². The molecule has 0 spiro atoms. The Hall–Kier alpha value is -2.66. The summed E-state index contributed by atoms with van der Waals surface area (Å²) in [6, 6.07) is 11.2. The molecule has 1 saturated heterocycles. The molecular weight excluding hydrogens is 367 g/mol. The molecule has 1 fully saturated rings. The molecule has 2 aromatic rings. The van der Waals surface area contributed by atoms with Crippen LogP contribution in [0.25, 0.3) is 6.08 Å². The smallest absolute Gasteiger partial charge is 0.255 e. The molecule has 1 heterocycles. The Bertz CT molecular complexity index is 856. The first-order chi connectivity index (χ1) is 13.1. The van der Waals surface area contributed by atoms with E-state index in [0.717, 1.165) is 32.4 Å². The van der Waals surface area contributed by atoms with E-state index in [1.807, 2.05) is 4.90 Å². The number of piperidine rings is 1. The van der Waals surface area contributed by atoms with E-state index < -0.39 is 11.7 Å². The van der Waals surface area contributed by atoms with E-state index in [9.17, 15) is 14.0 Å². The highest BCUT2D eigenvalue weighted by Crippen LogP contribution is 2.22. The first kappa shape index (κ1) is 19.1. The molecule has 0 unspecified atom stereocenters. The molecule has 4 nitrogen and oxygen atoms in total. The Morgan fingerprint density at radius 2 is 1.78 bits per heavy atom. The van der Waals surface area contributed by atoms with Crippen molar-refractivity contribution < 1.29 is 14.0 Å². The third-order valence-electron chi connectivity index (χ3n) is 4.46. The summed E-state index contributed by atoms with van der Waals surface area (Å²) in [6.45, 7) is 1.46. The monoisotopic (exact) mass is 386 g/mol. The first-order valence-electron chi connectivity index (χ1n) is 8.87. The number of nitrogens with zero attached hydrogens (tertiary/aromatic N) is 1. The van der Waals surface area contributed by atoms with E-state index in [-0.39, 0.29) is 16.5 Å². The summed E-state index contributed by atoms with van der Waals surface area (Å²) in [5.41, 5.74) is 1.03. The van der Waals surface area contributed by atoms with E-state index in [0.29, 0.717) is 11.3 Å². The number of halogens is 2. The van der Waals surface area contributed by atoms with Gasteiger partial charge in [-0.2, -0.15) is 0 Å². The van der Waals surface area contributed by atoms with E-state index in [4.69, 9.17) is 11.6 Å². The molecule has 1 aliphatic rings. The van der Waals surface area contributed by atoms with Gasteiger partial charge >= 0.3 is 0 Å². The van der Waals surface area contributed by atoms with Gasteiger partial charge in [0.2, 0.25) is 5.91 Å². The number of hydrogen-bond acceptors (Lipinski definition) is 2. The zero-order valence-electron chi connectivity index (χ0n) is 14.8. The van der Waals surface area contributed by atoms with E-state index in [2.05, 4.69) is 5.32 Å². The lowest BCUT2D eigenvalue weighted by Crippen LogP contribution is -2.36. The number of amides is 2. The molecule has 2 aromatic carbocycles. The van der Waals surface area contributed by atoms with Gasteiger partial charge in [-0.1, -0.05) is 29.8 Å². The van der Waals surface area contributed by atoms with Gasteiger partial charge in [-0.25, -0.2) is 4.39 Å². The largest absolute Gasteiger partial charge is 0.339 e. The van der Waals surface area contributed by atoms with Crippen LogP contribution in [-0.2, 0) is 4.79 Å². The van der Waals surface area contributed by atoms with E-state index in [1.165, 1.54) is 24.3 Å². The van der Waals surface area contributed by atoms with Crippen molar-refractivity contribution in [2.75, 3.05) is 18.4 Å². The molecule has 140 valence electrons. The third kappa shape index (κ3) is 4.74. The number of anilines is 1. The number of nitrogens with one attached hydrogen (secondary N) is 1. The Balaban J connectivity index is 1.75. The maximum Gasteiger partial charge on any atom is 0.255 e. The lowest BCUT2D eigenvalue weighted by Gasteiger charge is -2.27. The van der Waals surface area contributed by atoms with Crippen molar-refractivity contribution in [1.29, 1.82) is 0 Å². The normalized spacial score (nSPS) is 14.4. The number of carbonyl (C=O) groups is 2. The topological polar surface area (TPSA) is 49.4 Å². The number of para-hydroxylation sites is 1. The number of rotatable bonds is 4. The van der Waals surface area contributed by atoms with Crippen molar-refractivity contribution in [3.05, 3.63) is 70.5 Å². The number of benzene rings is 2. The van der Waals surface area contributed by atoms with Crippen LogP contribution >= 0.6 is 11.6 Å². The summed E-state index contributed by atoms with van der Waals surface area (Å²) in [4.78, 5) is 26.8. The van der Waals surface area contributed by atoms with Crippen molar-refractivity contribution >= 4 is 35.2 Å². The van der Waals surface area contributed by atoms with Gasteiger partial charge in [0.25, 0.3) is 5.91 Å². The number of likely N-dealkylation sites (tertiary alicyclic amines) is 1. The summed E-state index contributed by atoms with van der Waals surface area (Å²) >= 11 is 5.95. The standard InChI is InChI=1S/C21H20ClFN2O2/c22-17-8-6-9-18(23)15(17)11-12-20(26)24-19-10-3-2-7-16(19)21(27)25-13-4-1-5-14-25/h2-3,6-12H,1,4-5,13-14H2,(H,24,26)/b12-11+. The molecule has 27 heavy (non-hydrogen) atoms. The van der Waals surface area contributed by atoms with Crippen molar-refractivity contribution in [2.45, 2.75) is 19.3 Å². The molecule has 3 rings (SSSR count). The highest BCUT2D eigenvalue weighted by atomic mass is 35.5. The molecule has 6 heteroatoms. The second kappa shape index (κ2) is 8.82. The van der Waals surface area contributed by atoms with Crippen LogP contribution in [0.4, 0.5) is 10.1 Å². The minimum Gasteiger partial charge on any atom is -0.339 e. The van der Waals surface area contributed by atoms with Crippen LogP contribution in [0.1, 0.15) is 35.2 Å². The second-order valence-electron chi connectivity index (χ2n) is 6.36. The fourth-order valence-electron chi connectivity index (χ4n) is 3.05. The average molecular weight is 387 g/mol. The van der Waals surface area contributed by atoms with Crippen molar-refractivity contribution in [2.24, 2.45) is 0 Å². The van der Waals surface area contributed by atoms with Crippen LogP contribution in [-0.4, -0.2) is 29.8 Å². The Morgan fingerprint density at radius 3 is 2.52 bits per heavy atom. The zero-order valence-corrected chi connectivity index (χ0v) is 15.5. The van der Waals surface area contributed by atoms with Crippen LogP contribution in [0.5, 0.6) is 0 Å². The van der Waals surface area contributed by atoms with Crippen LogP contribution in [0.3, 0.4) is 0 Å². The minimum absolute atomic E-state index is 0.0910. The molecule has 0 bridgehead atoms. The fraction of sp³-hybridized carbons (Fsp3) is 0.238. The van der Waals surface area contributed by atoms with Gasteiger partial charge in [0.15, 0.2) is 0 Å². The predicted octanol–water partition coefficient (Wildman–Crippen LogP) is 4.76. The minimum atomic E-state index is -0.507. The van der Waals surface area contributed by atoms with Crippen LogP contribution in [0.15, 0.2) is 48.5 Å². The van der Waals surface area contributed by atoms with Gasteiger partial charge in [-0.3, -0.25) is 9.59 Å². The predicted molar refractivity (Wildman–Crippen MR) is 105 cm³/mol. The Morgan fingerprint density at radius 1 is 1.04 bits per heavy atom. The van der Waals surface area contributed by atoms with Gasteiger partial charge in [0, 0.05) is 24.7 Å². The molecule has 1 N–H and O–H groups in total. The third-order valence-corrected chi connectivity index (χ3v) is 4.79. The molecule has 0 aliphatic carbocycles. The SMILES string of the molecule is O=C(/C=C/c1c(F)cccc1Cl)Nc1ccccc1C(=O)N1CCCCC1. The highest BCUT2D eigenvalue weighted by molar-refractivity contribution is 6.32. The summed E-state index contributed by atoms with van der Waals surface area (Å²) in [5, 5.41) is 2.92. The van der Waals surface area contributed by atoms with Crippen molar-refractivity contribution in [1.82, 2.24) is 4.90 Å². The summed E-state index contributed by atoms with van der Waals surface area (Å²) in [5.74, 6) is -1.06. The van der Waals surface area contributed by atoms with Gasteiger partial charge < -0.3 is 10.2 Å². The molecule has 0 saturated carbocycles. The maximum atomic E-state index is 13.8. The van der Waals surface area contributed by atoms with Crippen molar-refractivity contribution in [3.63, 3.8) is 0 Å². The second-order valence-corrected chi connectivity index (χ2v) is 6.76. The summed E-state index contributed by atoms with van der Waals surface area (Å²) < 4.78 is 13.8. The number of hydrogen-bond donors (Lipinski definition) is 1. The highest BCUT2D eigenvalue weighted by Gasteiger charge is 2.20. The maximum absolute atomic E-state index is 13.8. The van der Waals surface area contributed by atoms with Gasteiger partial charge in [-0.05, 0) is 49.6 Å². The molecule has 1 aliphatic heterocycles. The van der Waals surface area contributed by atoms with Gasteiger partial charge in [0.05, 0.1) is 16.3 Å². The lowest BCUT2D eigenvalue weighted by molar-refractivity contribution is -0.111. The molecular formula is C21H20ClFN2O2. The average Bonchev–Trinajstić information content (AvgIpc) is 2.68. The summed E-state index contributed by atoms with van der Waals surface area (Å²) in [7, 11) is 0. The molecule has 2 amide bonds. The fourth-order valence-corrected chi connectivity index (χ4v) is 3.28. The Labute approximate surface area is 162 Å². The summed E-state index contributed by atoms with van der Waals surface area (Å²) in [6.07, 6.45) is 5.64. The van der Waals surface area contributed by atoms with Gasteiger partial charge in [0.1, 0.15) is 5.82 Å². The van der Waals surface area contributed by atoms with Crippen LogP contribution in [0.2, 0.25) is 5.02 Å². The first-order valence-corrected chi connectivity index (χ1v) is 9.25. The molecule has 0 radical (unpaired) electrons. The van der Waals surface area contributed by atoms with E-state index in [1.54, 1.807) is 30.3 Å². The lowest BCUT2D eigenvalue weighted by atomic mass is 10.1. The zero-order chi connectivity index (χ0) is 19.2. The molecule has 0 atom stereocenters. The van der Waals surface area contributed by atoms with Crippen molar-refractivity contribution in [3.8, 4) is 0 Å². The van der Waals surface area contributed by atoms with Gasteiger partial charge in [-0.15, -0.1) is 0 Å². The quantitative estimate of drug-likeness (QED) is 0.770.